The van der Waals surface area contributed by atoms with Crippen LogP contribution < -0.4 is 0 Å². The fourth-order valence-corrected chi connectivity index (χ4v) is 6.63. The first-order valence-corrected chi connectivity index (χ1v) is 12.8. The predicted molar refractivity (Wildman–Crippen MR) is 153 cm³/mol. The summed E-state index contributed by atoms with van der Waals surface area (Å²) < 4.78 is 9.23. The van der Waals surface area contributed by atoms with Crippen LogP contribution in [-0.4, -0.2) is 27.7 Å². The van der Waals surface area contributed by atoms with E-state index in [0.29, 0.717) is 0 Å². The van der Waals surface area contributed by atoms with Crippen LogP contribution in [0.15, 0.2) is 109 Å². The van der Waals surface area contributed by atoms with E-state index in [4.69, 9.17) is 9.97 Å². The molecule has 5 heterocycles. The molecule has 10 aromatic rings. The fraction of sp³-hybridized carbons (Fsp3) is 0. The van der Waals surface area contributed by atoms with Crippen molar-refractivity contribution in [1.29, 1.82) is 0 Å². The summed E-state index contributed by atoms with van der Waals surface area (Å²) in [6.45, 7) is 0. The quantitative estimate of drug-likeness (QED) is 0.246. The maximum atomic E-state index is 5.13. The number of imidazole rings is 4. The third kappa shape index (κ3) is 2.01. The summed E-state index contributed by atoms with van der Waals surface area (Å²) in [6, 6.07) is 38.5. The molecule has 0 saturated heterocycles. The Labute approximate surface area is 214 Å². The normalized spacial score (nSPS) is 12.7. The Morgan fingerprint density at radius 3 is 1.71 bits per heavy atom. The van der Waals surface area contributed by atoms with E-state index in [1.54, 1.807) is 0 Å². The molecule has 5 aromatic carbocycles. The lowest BCUT2D eigenvalue weighted by molar-refractivity contribution is 1.11. The Morgan fingerprint density at radius 2 is 0.947 bits per heavy atom. The molecule has 0 bridgehead atoms. The number of benzene rings is 5. The number of fused-ring (bicyclic) bond motifs is 13. The van der Waals surface area contributed by atoms with Crippen molar-refractivity contribution < 1.29 is 0 Å². The highest BCUT2D eigenvalue weighted by atomic mass is 15.2. The number of rotatable bonds is 1. The lowest BCUT2D eigenvalue weighted by Gasteiger charge is -2.08. The van der Waals surface area contributed by atoms with Crippen molar-refractivity contribution in [3.8, 4) is 5.69 Å². The van der Waals surface area contributed by atoms with Crippen LogP contribution in [0, 0.1) is 0 Å². The third-order valence-corrected chi connectivity index (χ3v) is 8.10. The van der Waals surface area contributed by atoms with Crippen LogP contribution in [0.4, 0.5) is 0 Å². The van der Waals surface area contributed by atoms with Crippen LogP contribution >= 0.6 is 0 Å². The van der Waals surface area contributed by atoms with Crippen molar-refractivity contribution in [1.82, 2.24) is 27.7 Å². The zero-order valence-corrected chi connectivity index (χ0v) is 20.1. The second kappa shape index (κ2) is 6.30. The van der Waals surface area contributed by atoms with Gasteiger partial charge < -0.3 is 0 Å². The first-order chi connectivity index (χ1) is 18.9. The van der Waals surface area contributed by atoms with E-state index < -0.39 is 0 Å². The third-order valence-electron chi connectivity index (χ3n) is 8.10. The number of hydrogen-bond donors (Lipinski definition) is 0. The van der Waals surface area contributed by atoms with Crippen LogP contribution in [0.25, 0.3) is 77.7 Å². The monoisotopic (exact) mass is 486 g/mol. The van der Waals surface area contributed by atoms with Gasteiger partial charge in [0.1, 0.15) is 0 Å². The smallest absolute Gasteiger partial charge is 0.220 e. The van der Waals surface area contributed by atoms with E-state index in [2.05, 4.69) is 127 Å². The van der Waals surface area contributed by atoms with Crippen molar-refractivity contribution in [2.24, 2.45) is 0 Å². The summed E-state index contributed by atoms with van der Waals surface area (Å²) in [7, 11) is 0. The van der Waals surface area contributed by atoms with E-state index >= 15 is 0 Å². The summed E-state index contributed by atoms with van der Waals surface area (Å²) in [5, 5.41) is 2.44. The second-order valence-electron chi connectivity index (χ2n) is 9.98. The molecule has 6 heteroatoms. The molecule has 0 atom stereocenters. The van der Waals surface area contributed by atoms with Crippen LogP contribution in [-0.2, 0) is 0 Å². The maximum Gasteiger partial charge on any atom is 0.220 e. The molecule has 0 N–H and O–H groups in total. The standard InChI is InChI=1S/C32H18N6/c1-3-13-23-21(11-1)33-31-35(23)25-15-5-6-16-26(25)37(31)28-18-8-10-20-19-9-7-17-27-29(19)38(30(20)28)32-34-22-12-2-4-14-24(22)36(27)32/h1-18H. The van der Waals surface area contributed by atoms with Gasteiger partial charge in [0.25, 0.3) is 0 Å². The average Bonchev–Trinajstić information content (AvgIpc) is 3.74. The fourth-order valence-electron chi connectivity index (χ4n) is 6.63. The molecular weight excluding hydrogens is 468 g/mol. The Morgan fingerprint density at radius 1 is 0.395 bits per heavy atom. The number of aromatic nitrogens is 6. The molecular formula is C32H18N6. The molecule has 6 nitrogen and oxygen atoms in total. The lowest BCUT2D eigenvalue weighted by atomic mass is 10.1. The zero-order valence-electron chi connectivity index (χ0n) is 20.1. The van der Waals surface area contributed by atoms with E-state index in [1.165, 1.54) is 21.8 Å². The van der Waals surface area contributed by atoms with Gasteiger partial charge in [-0.3, -0.25) is 17.8 Å². The van der Waals surface area contributed by atoms with Gasteiger partial charge >= 0.3 is 0 Å². The first-order valence-electron chi connectivity index (χ1n) is 12.8. The highest BCUT2D eigenvalue weighted by molar-refractivity contribution is 6.18. The van der Waals surface area contributed by atoms with E-state index in [0.717, 1.165) is 55.9 Å². The van der Waals surface area contributed by atoms with Crippen molar-refractivity contribution in [3.05, 3.63) is 109 Å². The molecule has 38 heavy (non-hydrogen) atoms. The minimum atomic E-state index is 0.907. The van der Waals surface area contributed by atoms with Gasteiger partial charge in [0.15, 0.2) is 0 Å². The number of para-hydroxylation sites is 8. The summed E-state index contributed by atoms with van der Waals surface area (Å²) in [6.07, 6.45) is 0. The lowest BCUT2D eigenvalue weighted by Crippen LogP contribution is -1.98. The van der Waals surface area contributed by atoms with Gasteiger partial charge in [0.2, 0.25) is 11.6 Å². The van der Waals surface area contributed by atoms with Crippen LogP contribution in [0.2, 0.25) is 0 Å². The van der Waals surface area contributed by atoms with Crippen LogP contribution in [0.1, 0.15) is 0 Å². The topological polar surface area (TPSA) is 43.9 Å². The van der Waals surface area contributed by atoms with Gasteiger partial charge in [0, 0.05) is 10.8 Å². The number of nitrogens with zero attached hydrogens (tertiary/aromatic N) is 6. The van der Waals surface area contributed by atoms with Crippen molar-refractivity contribution in [2.45, 2.75) is 0 Å². The molecule has 0 saturated carbocycles. The minimum Gasteiger partial charge on any atom is -0.276 e. The SMILES string of the molecule is c1ccc2c(c1)nc1n(-c3cccc4c5cccc6c5n(c34)c3nc4ccccc4n63)c3ccccc3n21. The Kier molecular flexibility index (Phi) is 3.13. The molecule has 0 unspecified atom stereocenters. The van der Waals surface area contributed by atoms with E-state index in [1.807, 2.05) is 0 Å². The van der Waals surface area contributed by atoms with Gasteiger partial charge in [0.05, 0.1) is 55.3 Å². The number of hydrogen-bond acceptors (Lipinski definition) is 2. The zero-order chi connectivity index (χ0) is 24.5. The molecule has 0 amide bonds. The Balaban J connectivity index is 1.49. The minimum absolute atomic E-state index is 0.907. The van der Waals surface area contributed by atoms with Gasteiger partial charge in [-0.1, -0.05) is 60.7 Å². The Hall–Kier alpha value is -5.36. The summed E-state index contributed by atoms with van der Waals surface area (Å²) >= 11 is 0. The van der Waals surface area contributed by atoms with Crippen LogP contribution in [0.3, 0.4) is 0 Å². The summed E-state index contributed by atoms with van der Waals surface area (Å²) in [4.78, 5) is 10.3. The van der Waals surface area contributed by atoms with Gasteiger partial charge in [-0.25, -0.2) is 9.97 Å². The molecule has 0 aliphatic rings. The van der Waals surface area contributed by atoms with Gasteiger partial charge in [-0.2, -0.15) is 0 Å². The van der Waals surface area contributed by atoms with Crippen molar-refractivity contribution in [3.63, 3.8) is 0 Å². The highest BCUT2D eigenvalue weighted by Crippen LogP contribution is 2.40. The molecule has 10 rings (SSSR count). The molecule has 5 aromatic heterocycles. The van der Waals surface area contributed by atoms with E-state index in [9.17, 15) is 0 Å². The maximum absolute atomic E-state index is 5.13. The average molecular weight is 487 g/mol. The van der Waals surface area contributed by atoms with Crippen molar-refractivity contribution >= 4 is 72.0 Å². The molecule has 0 radical (unpaired) electrons. The Bertz CT molecular complexity index is 2570. The highest BCUT2D eigenvalue weighted by Gasteiger charge is 2.24. The molecule has 0 aliphatic carbocycles. The molecule has 0 aliphatic heterocycles. The summed E-state index contributed by atoms with van der Waals surface area (Å²) in [5.74, 6) is 1.84. The predicted octanol–water partition coefficient (Wildman–Crippen LogP) is 7.23. The molecule has 0 fully saturated rings. The largest absolute Gasteiger partial charge is 0.276 e. The first kappa shape index (κ1) is 18.8. The van der Waals surface area contributed by atoms with E-state index in [-0.39, 0.29) is 0 Å². The second-order valence-corrected chi connectivity index (χ2v) is 9.98. The summed E-state index contributed by atoms with van der Waals surface area (Å²) in [5.41, 5.74) is 11.1. The molecule has 176 valence electrons. The molecule has 0 spiro atoms. The van der Waals surface area contributed by atoms with Gasteiger partial charge in [-0.05, 0) is 48.5 Å². The van der Waals surface area contributed by atoms with Crippen molar-refractivity contribution in [2.75, 3.05) is 0 Å². The van der Waals surface area contributed by atoms with Gasteiger partial charge in [-0.15, -0.1) is 0 Å². The van der Waals surface area contributed by atoms with Crippen LogP contribution in [0.5, 0.6) is 0 Å².